The van der Waals surface area contributed by atoms with Gasteiger partial charge in [-0.25, -0.2) is 4.39 Å². The third-order valence-electron chi connectivity index (χ3n) is 6.19. The fraction of sp³-hybridized carbons (Fsp3) is 0.435. The maximum Gasteiger partial charge on any atom is 0.232 e. The fourth-order valence-corrected chi connectivity index (χ4v) is 4.43. The molecule has 0 bridgehead atoms. The zero-order valence-corrected chi connectivity index (χ0v) is 20.1. The molecule has 2 aromatic heterocycles. The highest BCUT2D eigenvalue weighted by Crippen LogP contribution is 2.36. The Morgan fingerprint density at radius 3 is 2.61 bits per heavy atom. The second-order valence-electron chi connectivity index (χ2n) is 8.88. The molecule has 13 heteroatoms. The van der Waals surface area contributed by atoms with E-state index in [0.717, 1.165) is 12.8 Å². The molecule has 1 aliphatic heterocycles. The Kier molecular flexibility index (Phi) is 6.74. The summed E-state index contributed by atoms with van der Waals surface area (Å²) >= 11 is 6.80. The maximum atomic E-state index is 12.7. The lowest BCUT2D eigenvalue weighted by molar-refractivity contribution is 0.0871. The van der Waals surface area contributed by atoms with E-state index in [0.29, 0.717) is 71.3 Å². The summed E-state index contributed by atoms with van der Waals surface area (Å²) in [4.78, 5) is 13.1. The van der Waals surface area contributed by atoms with Crippen LogP contribution in [0.4, 0.5) is 27.7 Å². The number of rotatable bonds is 8. The van der Waals surface area contributed by atoms with Crippen molar-refractivity contribution in [3.05, 3.63) is 34.5 Å². The molecule has 186 valence electrons. The Morgan fingerprint density at radius 1 is 1.17 bits per heavy atom. The van der Waals surface area contributed by atoms with Gasteiger partial charge in [0.05, 0.1) is 40.3 Å². The lowest BCUT2D eigenvalue weighted by Gasteiger charge is -2.37. The molecule has 1 aromatic carbocycles. The van der Waals surface area contributed by atoms with Crippen LogP contribution in [-0.4, -0.2) is 81.1 Å². The number of hydrogen-bond acceptors (Lipinski definition) is 10. The Bertz CT molecular complexity index is 1350. The molecule has 2 fully saturated rings. The highest BCUT2D eigenvalue weighted by atomic mass is 35.5. The highest BCUT2D eigenvalue weighted by Gasteiger charge is 2.25. The van der Waals surface area contributed by atoms with Gasteiger partial charge in [0.15, 0.2) is 5.65 Å². The molecule has 0 unspecified atom stereocenters. The summed E-state index contributed by atoms with van der Waals surface area (Å²) in [6.45, 7) is 1.96. The largest absolute Gasteiger partial charge is 0.389 e. The van der Waals surface area contributed by atoms with Gasteiger partial charge in [-0.3, -0.25) is 4.90 Å². The van der Waals surface area contributed by atoms with E-state index in [1.165, 1.54) is 10.7 Å². The number of nitrogens with zero attached hydrogens (tertiary/aromatic N) is 8. The van der Waals surface area contributed by atoms with Crippen molar-refractivity contribution in [2.75, 3.05) is 54.9 Å². The van der Waals surface area contributed by atoms with Crippen molar-refractivity contribution in [2.45, 2.75) is 25.0 Å². The van der Waals surface area contributed by atoms with Gasteiger partial charge in [0, 0.05) is 38.8 Å². The topological polar surface area (TPSA) is 141 Å². The Balaban J connectivity index is 1.43. The molecule has 36 heavy (non-hydrogen) atoms. The fourth-order valence-electron chi connectivity index (χ4n) is 4.15. The molecule has 1 saturated carbocycles. The maximum absolute atomic E-state index is 12.7. The number of aromatic nitrogens is 4. The predicted molar refractivity (Wildman–Crippen MR) is 132 cm³/mol. The van der Waals surface area contributed by atoms with Gasteiger partial charge in [-0.1, -0.05) is 11.6 Å². The normalized spacial score (nSPS) is 17.0. The third-order valence-corrected chi connectivity index (χ3v) is 6.59. The number of aliphatic hydroxyl groups excluding tert-OH is 1. The third kappa shape index (κ3) is 4.97. The Labute approximate surface area is 211 Å². The Morgan fingerprint density at radius 2 is 1.94 bits per heavy atom. The van der Waals surface area contributed by atoms with Crippen LogP contribution in [-0.2, 0) is 0 Å². The molecule has 2 aliphatic rings. The van der Waals surface area contributed by atoms with Crippen molar-refractivity contribution in [3.8, 4) is 12.1 Å². The van der Waals surface area contributed by atoms with E-state index in [2.05, 4.69) is 42.7 Å². The smallest absolute Gasteiger partial charge is 0.232 e. The molecule has 0 spiro atoms. The molecule has 3 aromatic rings. The number of nitrogens with one attached hydrogen (secondary N) is 2. The van der Waals surface area contributed by atoms with Crippen LogP contribution in [0.1, 0.15) is 24.0 Å². The van der Waals surface area contributed by atoms with Crippen LogP contribution in [0, 0.1) is 22.7 Å². The molecule has 1 saturated heterocycles. The molecular weight excluding hydrogens is 487 g/mol. The van der Waals surface area contributed by atoms with Crippen molar-refractivity contribution in [3.63, 3.8) is 0 Å². The summed E-state index contributed by atoms with van der Waals surface area (Å²) in [5, 5.41) is 39.8. The van der Waals surface area contributed by atoms with Crippen molar-refractivity contribution in [2.24, 2.45) is 0 Å². The van der Waals surface area contributed by atoms with E-state index in [1.807, 2.05) is 4.90 Å². The van der Waals surface area contributed by atoms with Gasteiger partial charge in [0.2, 0.25) is 11.9 Å². The lowest BCUT2D eigenvalue weighted by atomic mass is 10.1. The molecule has 1 atom stereocenters. The van der Waals surface area contributed by atoms with Crippen LogP contribution in [0.15, 0.2) is 18.3 Å². The molecule has 5 rings (SSSR count). The molecule has 0 amide bonds. The van der Waals surface area contributed by atoms with Crippen LogP contribution in [0.5, 0.6) is 0 Å². The van der Waals surface area contributed by atoms with Crippen LogP contribution >= 0.6 is 11.6 Å². The number of benzene rings is 1. The number of fused-ring (bicyclic) bond motifs is 1. The zero-order chi connectivity index (χ0) is 25.2. The Hall–Kier alpha value is -3.71. The summed E-state index contributed by atoms with van der Waals surface area (Å²) in [7, 11) is 0. The quantitative estimate of drug-likeness (QED) is 0.413. The minimum absolute atomic E-state index is 0.218. The molecular formula is C23H24ClFN10O. The molecule has 0 radical (unpaired) electrons. The summed E-state index contributed by atoms with van der Waals surface area (Å²) in [6.07, 6.45) is 2.51. The van der Waals surface area contributed by atoms with Crippen LogP contribution < -0.4 is 15.5 Å². The second-order valence-corrected chi connectivity index (χ2v) is 9.26. The van der Waals surface area contributed by atoms with Gasteiger partial charge in [-0.15, -0.1) is 0 Å². The van der Waals surface area contributed by atoms with Gasteiger partial charge in [-0.2, -0.15) is 30.1 Å². The van der Waals surface area contributed by atoms with Gasteiger partial charge in [-0.05, 0) is 25.0 Å². The highest BCUT2D eigenvalue weighted by molar-refractivity contribution is 6.36. The standard InChI is InChI=1S/C23H24ClFN10O/c24-20-18(7-14(10-26)8-19(20)34-5-3-33(4-6-34)13-17(36)9-25)30-22-31-21-15(11-27)12-28-35(21)23(32-22)29-16-1-2-16/h7-8,12,16-17,36H,1-6,9,13H2,(H2,29,30,31,32)/t17-/m1/s1. The van der Waals surface area contributed by atoms with E-state index in [1.54, 1.807) is 12.1 Å². The molecule has 3 heterocycles. The van der Waals surface area contributed by atoms with E-state index >= 15 is 0 Å². The lowest BCUT2D eigenvalue weighted by Crippen LogP contribution is -2.49. The van der Waals surface area contributed by atoms with Gasteiger partial charge in [0.1, 0.15) is 18.3 Å². The van der Waals surface area contributed by atoms with E-state index in [4.69, 9.17) is 11.6 Å². The zero-order valence-electron chi connectivity index (χ0n) is 19.3. The average molecular weight is 511 g/mol. The average Bonchev–Trinajstić information content (AvgIpc) is 3.61. The summed E-state index contributed by atoms with van der Waals surface area (Å²) < 4.78 is 14.2. The van der Waals surface area contributed by atoms with Crippen molar-refractivity contribution < 1.29 is 9.50 Å². The first-order valence-corrected chi connectivity index (χ1v) is 12.0. The first-order chi connectivity index (χ1) is 17.5. The van der Waals surface area contributed by atoms with E-state index in [9.17, 15) is 20.0 Å². The minimum Gasteiger partial charge on any atom is -0.389 e. The van der Waals surface area contributed by atoms with Crippen LogP contribution in [0.3, 0.4) is 0 Å². The van der Waals surface area contributed by atoms with Gasteiger partial charge < -0.3 is 20.6 Å². The summed E-state index contributed by atoms with van der Waals surface area (Å²) in [6, 6.07) is 7.92. The molecule has 1 aliphatic carbocycles. The van der Waals surface area contributed by atoms with E-state index in [-0.39, 0.29) is 12.5 Å². The van der Waals surface area contributed by atoms with Crippen molar-refractivity contribution in [1.82, 2.24) is 24.5 Å². The predicted octanol–water partition coefficient (Wildman–Crippen LogP) is 2.29. The SMILES string of the molecule is N#Cc1cc(Nc2nc(NC3CC3)n3ncc(C#N)c3n2)c(Cl)c(N2CCN(C[C@H](O)CF)CC2)c1. The summed E-state index contributed by atoms with van der Waals surface area (Å²) in [5.41, 5.74) is 2.22. The molecule has 11 nitrogen and oxygen atoms in total. The number of aliphatic hydroxyl groups is 1. The second kappa shape index (κ2) is 10.1. The minimum atomic E-state index is -0.994. The number of alkyl halides is 1. The van der Waals surface area contributed by atoms with E-state index < -0.39 is 12.8 Å². The van der Waals surface area contributed by atoms with Crippen molar-refractivity contribution in [1.29, 1.82) is 10.5 Å². The number of nitriles is 2. The number of hydrogen-bond donors (Lipinski definition) is 3. The number of piperazine rings is 1. The number of anilines is 4. The first kappa shape index (κ1) is 24.0. The molecule has 3 N–H and O–H groups in total. The van der Waals surface area contributed by atoms with Crippen LogP contribution in [0.25, 0.3) is 5.65 Å². The summed E-state index contributed by atoms with van der Waals surface area (Å²) in [5.74, 6) is 0.682. The first-order valence-electron chi connectivity index (χ1n) is 11.6. The van der Waals surface area contributed by atoms with Crippen molar-refractivity contribution >= 4 is 40.5 Å². The van der Waals surface area contributed by atoms with Crippen LogP contribution in [0.2, 0.25) is 5.02 Å². The number of halogens is 2. The van der Waals surface area contributed by atoms with Gasteiger partial charge in [0.25, 0.3) is 0 Å². The van der Waals surface area contributed by atoms with Gasteiger partial charge >= 0.3 is 0 Å². The number of β-amino-alcohol motifs (C(OH)–C–C–N with tert-alkyl or cyclic N) is 1. The monoisotopic (exact) mass is 510 g/mol.